The number of nitrogens with zero attached hydrogens (tertiary/aromatic N) is 1. The maximum Gasteiger partial charge on any atom is 0.191 e. The summed E-state index contributed by atoms with van der Waals surface area (Å²) in [5.74, 6) is 0.480. The number of thiophene rings is 1. The van der Waals surface area contributed by atoms with Crippen molar-refractivity contribution in [3.8, 4) is 0 Å². The molecule has 0 aliphatic rings. The van der Waals surface area contributed by atoms with E-state index >= 15 is 0 Å². The molecule has 4 nitrogen and oxygen atoms in total. The third-order valence-electron chi connectivity index (χ3n) is 3.45. The fraction of sp³-hybridized carbons (Fsp3) is 0.353. The Hall–Kier alpha value is -1.19. The Balaban J connectivity index is 0.00000288. The summed E-state index contributed by atoms with van der Waals surface area (Å²) >= 11 is 1.75. The molecule has 0 aliphatic heterocycles. The predicted molar refractivity (Wildman–Crippen MR) is 109 cm³/mol. The van der Waals surface area contributed by atoms with E-state index in [1.165, 1.54) is 17.0 Å². The summed E-state index contributed by atoms with van der Waals surface area (Å²) in [6.07, 6.45) is 0.802. The average Bonchev–Trinajstić information content (AvgIpc) is 3.08. The molecular formula is C17H23FIN3OS. The maximum atomic E-state index is 13.0. The number of benzene rings is 1. The standard InChI is InChI=1S/C17H22FN3OS.HI/c1-19-17(20-10-9-15-4-3-11-23-15)21-12-16(22-2)13-5-7-14(18)8-6-13;/h3-8,11,16H,9-10,12H2,1-2H3,(H2,19,20,21);1H. The van der Waals surface area contributed by atoms with Gasteiger partial charge in [0.2, 0.25) is 0 Å². The largest absolute Gasteiger partial charge is 0.375 e. The van der Waals surface area contributed by atoms with E-state index in [-0.39, 0.29) is 35.9 Å². The SMILES string of the molecule is CN=C(NCCc1cccs1)NCC(OC)c1ccc(F)cc1.I. The van der Waals surface area contributed by atoms with Crippen molar-refractivity contribution in [1.82, 2.24) is 10.6 Å². The Morgan fingerprint density at radius 3 is 2.58 bits per heavy atom. The van der Waals surface area contributed by atoms with Crippen molar-refractivity contribution < 1.29 is 9.13 Å². The second-order valence-corrected chi connectivity index (χ2v) is 6.02. The third-order valence-corrected chi connectivity index (χ3v) is 4.38. The van der Waals surface area contributed by atoms with Crippen LogP contribution in [0.2, 0.25) is 0 Å². The van der Waals surface area contributed by atoms with Gasteiger partial charge in [0.1, 0.15) is 5.82 Å². The highest BCUT2D eigenvalue weighted by Gasteiger charge is 2.11. The minimum Gasteiger partial charge on any atom is -0.375 e. The van der Waals surface area contributed by atoms with Crippen molar-refractivity contribution in [3.63, 3.8) is 0 Å². The second kappa shape index (κ2) is 11.4. The number of halogens is 2. The molecule has 0 aliphatic carbocycles. The monoisotopic (exact) mass is 463 g/mol. The molecule has 0 bridgehead atoms. The molecular weight excluding hydrogens is 440 g/mol. The summed E-state index contributed by atoms with van der Waals surface area (Å²) in [5.41, 5.74) is 0.926. The van der Waals surface area contributed by atoms with Gasteiger partial charge in [-0.15, -0.1) is 35.3 Å². The topological polar surface area (TPSA) is 45.7 Å². The van der Waals surface area contributed by atoms with Crippen molar-refractivity contribution in [2.75, 3.05) is 27.2 Å². The van der Waals surface area contributed by atoms with E-state index in [0.717, 1.165) is 24.5 Å². The molecule has 0 amide bonds. The van der Waals surface area contributed by atoms with E-state index in [4.69, 9.17) is 4.74 Å². The molecule has 1 aromatic carbocycles. The highest BCUT2D eigenvalue weighted by Crippen LogP contribution is 2.16. The summed E-state index contributed by atoms with van der Waals surface area (Å²) in [5, 5.41) is 8.59. The van der Waals surface area contributed by atoms with Gasteiger partial charge in [-0.1, -0.05) is 18.2 Å². The zero-order valence-corrected chi connectivity index (χ0v) is 16.9. The van der Waals surface area contributed by atoms with E-state index in [1.54, 1.807) is 37.6 Å². The maximum absolute atomic E-state index is 13.0. The van der Waals surface area contributed by atoms with Crippen LogP contribution in [-0.4, -0.2) is 33.2 Å². The Morgan fingerprint density at radius 2 is 2.00 bits per heavy atom. The lowest BCUT2D eigenvalue weighted by Crippen LogP contribution is -2.40. The van der Waals surface area contributed by atoms with Crippen LogP contribution in [0.25, 0.3) is 0 Å². The van der Waals surface area contributed by atoms with Crippen molar-refractivity contribution >= 4 is 41.3 Å². The zero-order valence-electron chi connectivity index (χ0n) is 13.8. The predicted octanol–water partition coefficient (Wildman–Crippen LogP) is 3.60. The minimum absolute atomic E-state index is 0. The van der Waals surface area contributed by atoms with E-state index in [0.29, 0.717) is 6.54 Å². The van der Waals surface area contributed by atoms with Gasteiger partial charge in [0.05, 0.1) is 6.10 Å². The van der Waals surface area contributed by atoms with Gasteiger partial charge in [-0.25, -0.2) is 4.39 Å². The van der Waals surface area contributed by atoms with E-state index in [2.05, 4.69) is 33.1 Å². The van der Waals surface area contributed by atoms with Gasteiger partial charge in [0.15, 0.2) is 5.96 Å². The van der Waals surface area contributed by atoms with Crippen LogP contribution in [-0.2, 0) is 11.2 Å². The Labute approximate surface area is 163 Å². The molecule has 7 heteroatoms. The lowest BCUT2D eigenvalue weighted by Gasteiger charge is -2.18. The van der Waals surface area contributed by atoms with Crippen LogP contribution in [0.3, 0.4) is 0 Å². The summed E-state index contributed by atoms with van der Waals surface area (Å²) in [4.78, 5) is 5.54. The number of hydrogen-bond donors (Lipinski definition) is 2. The minimum atomic E-state index is -0.248. The van der Waals surface area contributed by atoms with Crippen LogP contribution >= 0.6 is 35.3 Å². The molecule has 132 valence electrons. The zero-order chi connectivity index (χ0) is 16.5. The molecule has 0 saturated heterocycles. The highest BCUT2D eigenvalue weighted by molar-refractivity contribution is 14.0. The average molecular weight is 463 g/mol. The number of ether oxygens (including phenoxy) is 1. The number of nitrogens with one attached hydrogen (secondary N) is 2. The molecule has 2 aromatic rings. The molecule has 24 heavy (non-hydrogen) atoms. The van der Waals surface area contributed by atoms with Gasteiger partial charge in [0.25, 0.3) is 0 Å². The van der Waals surface area contributed by atoms with Crippen molar-refractivity contribution in [1.29, 1.82) is 0 Å². The first-order valence-corrected chi connectivity index (χ1v) is 8.36. The first kappa shape index (κ1) is 20.9. The lowest BCUT2D eigenvalue weighted by atomic mass is 10.1. The molecule has 1 unspecified atom stereocenters. The molecule has 0 saturated carbocycles. The number of guanidine groups is 1. The normalized spacial score (nSPS) is 12.4. The molecule has 0 fully saturated rings. The highest BCUT2D eigenvalue weighted by atomic mass is 127. The second-order valence-electron chi connectivity index (χ2n) is 4.99. The first-order valence-electron chi connectivity index (χ1n) is 7.48. The van der Waals surface area contributed by atoms with E-state index in [9.17, 15) is 4.39 Å². The molecule has 0 radical (unpaired) electrons. The molecule has 2 N–H and O–H groups in total. The van der Waals surface area contributed by atoms with Crippen molar-refractivity contribution in [2.45, 2.75) is 12.5 Å². The summed E-state index contributed by atoms with van der Waals surface area (Å²) < 4.78 is 18.5. The summed E-state index contributed by atoms with van der Waals surface area (Å²) in [7, 11) is 3.38. The van der Waals surface area contributed by atoms with Gasteiger partial charge >= 0.3 is 0 Å². The number of rotatable bonds is 7. The van der Waals surface area contributed by atoms with Gasteiger partial charge < -0.3 is 15.4 Å². The first-order chi connectivity index (χ1) is 11.2. The Morgan fingerprint density at radius 1 is 1.25 bits per heavy atom. The number of methoxy groups -OCH3 is 1. The molecule has 1 aromatic heterocycles. The van der Waals surface area contributed by atoms with Crippen LogP contribution < -0.4 is 10.6 Å². The number of hydrogen-bond acceptors (Lipinski definition) is 3. The van der Waals surface area contributed by atoms with Gasteiger partial charge in [0, 0.05) is 32.1 Å². The van der Waals surface area contributed by atoms with Crippen LogP contribution in [0.15, 0.2) is 46.8 Å². The molecule has 1 atom stereocenters. The van der Waals surface area contributed by atoms with Crippen molar-refractivity contribution in [3.05, 3.63) is 58.0 Å². The van der Waals surface area contributed by atoms with Crippen molar-refractivity contribution in [2.24, 2.45) is 4.99 Å². The Bertz CT molecular complexity index is 605. The Kier molecular flexibility index (Phi) is 9.89. The fourth-order valence-corrected chi connectivity index (χ4v) is 2.89. The van der Waals surface area contributed by atoms with E-state index < -0.39 is 0 Å². The van der Waals surface area contributed by atoms with Gasteiger partial charge in [-0.3, -0.25) is 4.99 Å². The fourth-order valence-electron chi connectivity index (χ4n) is 2.18. The third kappa shape index (κ3) is 6.74. The van der Waals surface area contributed by atoms with E-state index in [1.807, 2.05) is 0 Å². The van der Waals surface area contributed by atoms with Gasteiger partial charge in [-0.2, -0.15) is 0 Å². The quantitative estimate of drug-likeness (QED) is 0.375. The molecule has 1 heterocycles. The summed E-state index contributed by atoms with van der Waals surface area (Å²) in [6.45, 7) is 1.37. The van der Waals surface area contributed by atoms with Gasteiger partial charge in [-0.05, 0) is 35.6 Å². The number of aliphatic imine (C=N–C) groups is 1. The van der Waals surface area contributed by atoms with Crippen LogP contribution in [0.1, 0.15) is 16.5 Å². The lowest BCUT2D eigenvalue weighted by molar-refractivity contribution is 0.106. The summed E-state index contributed by atoms with van der Waals surface area (Å²) in [6, 6.07) is 10.5. The smallest absolute Gasteiger partial charge is 0.191 e. The molecule has 2 rings (SSSR count). The van der Waals surface area contributed by atoms with Crippen LogP contribution in [0, 0.1) is 5.82 Å². The molecule has 0 spiro atoms. The van der Waals surface area contributed by atoms with Crippen LogP contribution in [0.4, 0.5) is 4.39 Å². The van der Waals surface area contributed by atoms with Crippen LogP contribution in [0.5, 0.6) is 0 Å².